The van der Waals surface area contributed by atoms with Crippen molar-refractivity contribution in [3.8, 4) is 16.3 Å². The molecule has 0 bridgehead atoms. The van der Waals surface area contributed by atoms with Crippen LogP contribution in [0.15, 0.2) is 29.6 Å². The van der Waals surface area contributed by atoms with Crippen LogP contribution in [0.5, 0.6) is 5.75 Å². The van der Waals surface area contributed by atoms with Crippen LogP contribution in [0.3, 0.4) is 0 Å². The molecule has 0 N–H and O–H groups in total. The van der Waals surface area contributed by atoms with Gasteiger partial charge in [0.2, 0.25) is 0 Å². The number of amides is 1. The number of nitrogens with zero attached hydrogens (tertiary/aromatic N) is 3. The zero-order valence-corrected chi connectivity index (χ0v) is 17.5. The fraction of sp³-hybridized carbons (Fsp3) is 0.524. The largest absolute Gasteiger partial charge is 0.497 e. The Morgan fingerprint density at radius 3 is 2.41 bits per heavy atom. The van der Waals surface area contributed by atoms with Gasteiger partial charge >= 0.3 is 0 Å². The lowest BCUT2D eigenvalue weighted by molar-refractivity contribution is 0.0618. The minimum Gasteiger partial charge on any atom is -0.497 e. The standard InChI is InChI=1S/C21H29N3O2S/c1-21(2,3)9-10-23-11-13-24(14-12-23)20(25)18-15-27-19(22-18)16-5-7-17(26-4)8-6-16/h5-8,15H,9-14H2,1-4H3. The molecule has 1 aromatic carbocycles. The summed E-state index contributed by atoms with van der Waals surface area (Å²) in [5, 5.41) is 2.73. The zero-order chi connectivity index (χ0) is 19.4. The number of piperazine rings is 1. The van der Waals surface area contributed by atoms with Crippen molar-refractivity contribution in [2.75, 3.05) is 39.8 Å². The highest BCUT2D eigenvalue weighted by atomic mass is 32.1. The zero-order valence-electron chi connectivity index (χ0n) is 16.7. The third kappa shape index (κ3) is 5.30. The first kappa shape index (κ1) is 19.8. The Morgan fingerprint density at radius 2 is 1.81 bits per heavy atom. The first-order chi connectivity index (χ1) is 12.9. The Hall–Kier alpha value is -1.92. The quantitative estimate of drug-likeness (QED) is 0.778. The van der Waals surface area contributed by atoms with E-state index in [1.807, 2.05) is 34.5 Å². The number of ether oxygens (including phenoxy) is 1. The van der Waals surface area contributed by atoms with Crippen LogP contribution in [0.25, 0.3) is 10.6 Å². The van der Waals surface area contributed by atoms with Crippen LogP contribution < -0.4 is 4.74 Å². The van der Waals surface area contributed by atoms with E-state index in [4.69, 9.17) is 4.74 Å². The molecule has 3 rings (SSSR count). The molecule has 1 aliphatic rings. The molecule has 2 aromatic rings. The Balaban J connectivity index is 1.57. The molecule has 2 heterocycles. The van der Waals surface area contributed by atoms with E-state index in [-0.39, 0.29) is 5.91 Å². The summed E-state index contributed by atoms with van der Waals surface area (Å²) in [5.74, 6) is 0.859. The van der Waals surface area contributed by atoms with Crippen molar-refractivity contribution in [1.82, 2.24) is 14.8 Å². The molecule has 6 heteroatoms. The maximum Gasteiger partial charge on any atom is 0.273 e. The van der Waals surface area contributed by atoms with E-state index < -0.39 is 0 Å². The maximum absolute atomic E-state index is 12.8. The highest BCUT2D eigenvalue weighted by Crippen LogP contribution is 2.26. The second-order valence-corrected chi connectivity index (χ2v) is 9.07. The summed E-state index contributed by atoms with van der Waals surface area (Å²) < 4.78 is 5.19. The highest BCUT2D eigenvalue weighted by molar-refractivity contribution is 7.13. The van der Waals surface area contributed by atoms with Gasteiger partial charge in [-0.1, -0.05) is 20.8 Å². The number of carbonyl (C=O) groups is 1. The number of carbonyl (C=O) groups excluding carboxylic acids is 1. The number of aromatic nitrogens is 1. The van der Waals surface area contributed by atoms with Crippen molar-refractivity contribution in [3.05, 3.63) is 35.3 Å². The molecule has 146 valence electrons. The summed E-state index contributed by atoms with van der Waals surface area (Å²) in [7, 11) is 1.65. The predicted molar refractivity (Wildman–Crippen MR) is 111 cm³/mol. The monoisotopic (exact) mass is 387 g/mol. The Morgan fingerprint density at radius 1 is 1.15 bits per heavy atom. The van der Waals surface area contributed by atoms with Gasteiger partial charge in [0, 0.05) is 37.1 Å². The van der Waals surface area contributed by atoms with Crippen molar-refractivity contribution in [1.29, 1.82) is 0 Å². The summed E-state index contributed by atoms with van der Waals surface area (Å²) in [4.78, 5) is 21.8. The van der Waals surface area contributed by atoms with Gasteiger partial charge in [-0.2, -0.15) is 0 Å². The number of benzene rings is 1. The van der Waals surface area contributed by atoms with Crippen LogP contribution in [0.2, 0.25) is 0 Å². The van der Waals surface area contributed by atoms with E-state index in [9.17, 15) is 4.79 Å². The summed E-state index contributed by atoms with van der Waals surface area (Å²) in [5.41, 5.74) is 1.91. The molecule has 1 aliphatic heterocycles. The van der Waals surface area contributed by atoms with Crippen LogP contribution in [0, 0.1) is 5.41 Å². The smallest absolute Gasteiger partial charge is 0.273 e. The van der Waals surface area contributed by atoms with Crippen molar-refractivity contribution >= 4 is 17.2 Å². The van der Waals surface area contributed by atoms with Crippen LogP contribution in [-0.4, -0.2) is 60.5 Å². The third-order valence-electron chi connectivity index (χ3n) is 4.90. The second kappa shape index (κ2) is 8.40. The average Bonchev–Trinajstić information content (AvgIpc) is 3.16. The van der Waals surface area contributed by atoms with Crippen molar-refractivity contribution in [2.45, 2.75) is 27.2 Å². The fourth-order valence-corrected chi connectivity index (χ4v) is 3.87. The number of methoxy groups -OCH3 is 1. The van der Waals surface area contributed by atoms with Gasteiger partial charge in [-0.15, -0.1) is 11.3 Å². The Bertz CT molecular complexity index is 756. The molecule has 1 fully saturated rings. The fourth-order valence-electron chi connectivity index (χ4n) is 3.07. The molecular weight excluding hydrogens is 358 g/mol. The lowest BCUT2D eigenvalue weighted by Gasteiger charge is -2.35. The first-order valence-corrected chi connectivity index (χ1v) is 10.4. The predicted octanol–water partition coefficient (Wildman–Crippen LogP) is 4.01. The number of hydrogen-bond acceptors (Lipinski definition) is 5. The summed E-state index contributed by atoms with van der Waals surface area (Å²) >= 11 is 1.51. The maximum atomic E-state index is 12.8. The van der Waals surface area contributed by atoms with Gasteiger partial charge in [0.05, 0.1) is 7.11 Å². The van der Waals surface area contributed by atoms with Gasteiger partial charge in [0.15, 0.2) is 0 Å². The minimum absolute atomic E-state index is 0.0430. The molecule has 0 spiro atoms. The van der Waals surface area contributed by atoms with Gasteiger partial charge in [-0.3, -0.25) is 9.69 Å². The van der Waals surface area contributed by atoms with E-state index >= 15 is 0 Å². The van der Waals surface area contributed by atoms with Crippen molar-refractivity contribution in [3.63, 3.8) is 0 Å². The van der Waals surface area contributed by atoms with E-state index in [2.05, 4.69) is 30.7 Å². The van der Waals surface area contributed by atoms with Crippen molar-refractivity contribution < 1.29 is 9.53 Å². The van der Waals surface area contributed by atoms with Gasteiger partial charge < -0.3 is 9.64 Å². The number of hydrogen-bond donors (Lipinski definition) is 0. The molecule has 1 aromatic heterocycles. The normalized spacial score (nSPS) is 15.8. The summed E-state index contributed by atoms with van der Waals surface area (Å²) in [6.07, 6.45) is 1.18. The molecule has 5 nitrogen and oxygen atoms in total. The van der Waals surface area contributed by atoms with Gasteiger partial charge in [-0.05, 0) is 42.6 Å². The van der Waals surface area contributed by atoms with Crippen LogP contribution in [-0.2, 0) is 0 Å². The van der Waals surface area contributed by atoms with E-state index in [0.717, 1.165) is 49.0 Å². The average molecular weight is 388 g/mol. The topological polar surface area (TPSA) is 45.7 Å². The van der Waals surface area contributed by atoms with E-state index in [0.29, 0.717) is 11.1 Å². The molecule has 1 amide bonds. The molecule has 0 atom stereocenters. The molecule has 0 aliphatic carbocycles. The number of rotatable bonds is 5. The summed E-state index contributed by atoms with van der Waals surface area (Å²) in [6.45, 7) is 11.4. The third-order valence-corrected chi connectivity index (χ3v) is 5.79. The first-order valence-electron chi connectivity index (χ1n) is 9.47. The van der Waals surface area contributed by atoms with Gasteiger partial charge in [0.25, 0.3) is 5.91 Å². The molecule has 0 unspecified atom stereocenters. The van der Waals surface area contributed by atoms with Crippen LogP contribution in [0.1, 0.15) is 37.7 Å². The van der Waals surface area contributed by atoms with E-state index in [1.165, 1.54) is 17.8 Å². The lowest BCUT2D eigenvalue weighted by atomic mass is 9.92. The van der Waals surface area contributed by atoms with Gasteiger partial charge in [-0.25, -0.2) is 4.98 Å². The molecular formula is C21H29N3O2S. The Kier molecular flexibility index (Phi) is 6.17. The minimum atomic E-state index is 0.0430. The molecule has 0 saturated carbocycles. The molecule has 27 heavy (non-hydrogen) atoms. The van der Waals surface area contributed by atoms with Crippen molar-refractivity contribution in [2.24, 2.45) is 5.41 Å². The highest BCUT2D eigenvalue weighted by Gasteiger charge is 2.24. The Labute approximate surface area is 166 Å². The molecule has 0 radical (unpaired) electrons. The molecule has 1 saturated heterocycles. The SMILES string of the molecule is COc1ccc(-c2nc(C(=O)N3CCN(CCC(C)(C)C)CC3)cs2)cc1. The second-order valence-electron chi connectivity index (χ2n) is 8.21. The lowest BCUT2D eigenvalue weighted by Crippen LogP contribution is -2.49. The van der Waals surface area contributed by atoms with E-state index in [1.54, 1.807) is 7.11 Å². The summed E-state index contributed by atoms with van der Waals surface area (Å²) in [6, 6.07) is 7.77. The van der Waals surface area contributed by atoms with Crippen LogP contribution in [0.4, 0.5) is 0 Å². The number of thiazole rings is 1. The van der Waals surface area contributed by atoms with Crippen LogP contribution >= 0.6 is 11.3 Å². The van der Waals surface area contributed by atoms with Gasteiger partial charge in [0.1, 0.15) is 16.5 Å².